The zero-order valence-corrected chi connectivity index (χ0v) is 15.3. The molecule has 2 heterocycles. The number of nitrogens with one attached hydrogen (secondary N) is 1. The second kappa shape index (κ2) is 7.59. The molecule has 0 aliphatic carbocycles. The third-order valence-corrected chi connectivity index (χ3v) is 4.54. The number of hydrogen-bond donors (Lipinski definition) is 1. The SMILES string of the molecule is CC1CN(Cc2cnn(-c3ccc(Br)cc3)c2)C(C)CN1.Cl. The molecule has 2 atom stereocenters. The van der Waals surface area contributed by atoms with E-state index in [1.807, 2.05) is 23.0 Å². The van der Waals surface area contributed by atoms with Gasteiger partial charge in [0, 0.05) is 48.0 Å². The first-order valence-electron chi connectivity index (χ1n) is 7.39. The highest BCUT2D eigenvalue weighted by molar-refractivity contribution is 9.10. The fraction of sp³-hybridized carbons (Fsp3) is 0.438. The highest BCUT2D eigenvalue weighted by Crippen LogP contribution is 2.16. The molecule has 1 saturated heterocycles. The van der Waals surface area contributed by atoms with E-state index in [2.05, 4.69) is 63.4 Å². The van der Waals surface area contributed by atoms with Crippen LogP contribution in [0.3, 0.4) is 0 Å². The molecule has 2 unspecified atom stereocenters. The predicted molar refractivity (Wildman–Crippen MR) is 95.8 cm³/mol. The maximum absolute atomic E-state index is 4.48. The fourth-order valence-electron chi connectivity index (χ4n) is 2.73. The highest BCUT2D eigenvalue weighted by atomic mass is 79.9. The normalized spacial score (nSPS) is 22.3. The number of rotatable bonds is 3. The van der Waals surface area contributed by atoms with Crippen molar-refractivity contribution in [1.82, 2.24) is 20.0 Å². The molecule has 120 valence electrons. The summed E-state index contributed by atoms with van der Waals surface area (Å²) < 4.78 is 3.03. The molecule has 1 aromatic heterocycles. The van der Waals surface area contributed by atoms with Crippen LogP contribution < -0.4 is 5.32 Å². The molecule has 1 fully saturated rings. The quantitative estimate of drug-likeness (QED) is 0.880. The van der Waals surface area contributed by atoms with Gasteiger partial charge in [0.1, 0.15) is 0 Å². The maximum atomic E-state index is 4.48. The van der Waals surface area contributed by atoms with Crippen LogP contribution in [0.4, 0.5) is 0 Å². The number of nitrogens with zero attached hydrogens (tertiary/aromatic N) is 3. The summed E-state index contributed by atoms with van der Waals surface area (Å²) in [6, 6.07) is 9.33. The summed E-state index contributed by atoms with van der Waals surface area (Å²) in [6.45, 7) is 7.62. The number of benzene rings is 1. The molecule has 6 heteroatoms. The monoisotopic (exact) mass is 384 g/mol. The van der Waals surface area contributed by atoms with Crippen molar-refractivity contribution in [2.75, 3.05) is 13.1 Å². The third-order valence-electron chi connectivity index (χ3n) is 4.01. The van der Waals surface area contributed by atoms with Gasteiger partial charge in [0.15, 0.2) is 0 Å². The van der Waals surface area contributed by atoms with Crippen LogP contribution in [0.25, 0.3) is 5.69 Å². The molecule has 4 nitrogen and oxygen atoms in total. The molecule has 1 aliphatic heterocycles. The average Bonchev–Trinajstić information content (AvgIpc) is 2.92. The van der Waals surface area contributed by atoms with Crippen molar-refractivity contribution in [3.63, 3.8) is 0 Å². The lowest BCUT2D eigenvalue weighted by atomic mass is 10.1. The van der Waals surface area contributed by atoms with E-state index in [9.17, 15) is 0 Å². The Labute approximate surface area is 146 Å². The molecular weight excluding hydrogens is 364 g/mol. The van der Waals surface area contributed by atoms with E-state index in [1.54, 1.807) is 0 Å². The van der Waals surface area contributed by atoms with Gasteiger partial charge in [-0.2, -0.15) is 5.10 Å². The molecule has 0 spiro atoms. The minimum atomic E-state index is 0. The number of aromatic nitrogens is 2. The minimum absolute atomic E-state index is 0. The fourth-order valence-corrected chi connectivity index (χ4v) is 2.99. The number of piperazine rings is 1. The smallest absolute Gasteiger partial charge is 0.0646 e. The van der Waals surface area contributed by atoms with E-state index in [0.717, 1.165) is 29.8 Å². The zero-order chi connectivity index (χ0) is 14.8. The van der Waals surface area contributed by atoms with Crippen molar-refractivity contribution in [1.29, 1.82) is 0 Å². The molecule has 0 amide bonds. The zero-order valence-electron chi connectivity index (χ0n) is 12.9. The first kappa shape index (κ1) is 17.5. The minimum Gasteiger partial charge on any atom is -0.311 e. The molecule has 2 aromatic rings. The summed E-state index contributed by atoms with van der Waals surface area (Å²) in [5.41, 5.74) is 2.35. The second-order valence-electron chi connectivity index (χ2n) is 5.86. The van der Waals surface area contributed by atoms with Crippen molar-refractivity contribution < 1.29 is 0 Å². The Morgan fingerprint density at radius 1 is 1.27 bits per heavy atom. The van der Waals surface area contributed by atoms with Gasteiger partial charge < -0.3 is 5.32 Å². The Kier molecular flexibility index (Phi) is 6.03. The molecular formula is C16H22BrClN4. The molecule has 3 rings (SSSR count). The van der Waals surface area contributed by atoms with Crippen molar-refractivity contribution >= 4 is 28.3 Å². The van der Waals surface area contributed by atoms with Crippen LogP contribution in [-0.2, 0) is 6.54 Å². The van der Waals surface area contributed by atoms with Crippen LogP contribution in [0.2, 0.25) is 0 Å². The Balaban J connectivity index is 0.00000176. The van der Waals surface area contributed by atoms with E-state index in [0.29, 0.717) is 12.1 Å². The second-order valence-corrected chi connectivity index (χ2v) is 6.77. The largest absolute Gasteiger partial charge is 0.311 e. The van der Waals surface area contributed by atoms with E-state index in [-0.39, 0.29) is 12.4 Å². The van der Waals surface area contributed by atoms with Crippen LogP contribution in [0.1, 0.15) is 19.4 Å². The lowest BCUT2D eigenvalue weighted by Gasteiger charge is -2.37. The predicted octanol–water partition coefficient (Wildman–Crippen LogP) is 3.24. The molecule has 1 aliphatic rings. The van der Waals surface area contributed by atoms with Crippen molar-refractivity contribution in [3.8, 4) is 5.69 Å². The highest BCUT2D eigenvalue weighted by Gasteiger charge is 2.22. The topological polar surface area (TPSA) is 33.1 Å². The Morgan fingerprint density at radius 2 is 2.00 bits per heavy atom. The standard InChI is InChI=1S/C16H21BrN4.ClH/c1-12-9-20(13(2)7-18-12)10-14-8-19-21(11-14)16-5-3-15(17)4-6-16;/h3-6,8,11-13,18H,7,9-10H2,1-2H3;1H. The first-order valence-corrected chi connectivity index (χ1v) is 8.18. The van der Waals surface area contributed by atoms with Gasteiger partial charge in [0.2, 0.25) is 0 Å². The van der Waals surface area contributed by atoms with Crippen LogP contribution in [-0.4, -0.2) is 39.9 Å². The van der Waals surface area contributed by atoms with Crippen LogP contribution >= 0.6 is 28.3 Å². The average molecular weight is 386 g/mol. The van der Waals surface area contributed by atoms with Gasteiger partial charge in [-0.3, -0.25) is 4.90 Å². The lowest BCUT2D eigenvalue weighted by molar-refractivity contribution is 0.139. The van der Waals surface area contributed by atoms with E-state index in [1.165, 1.54) is 5.56 Å². The molecule has 0 radical (unpaired) electrons. The van der Waals surface area contributed by atoms with E-state index >= 15 is 0 Å². The number of hydrogen-bond acceptors (Lipinski definition) is 3. The van der Waals surface area contributed by atoms with Crippen LogP contribution in [0.15, 0.2) is 41.1 Å². The maximum Gasteiger partial charge on any atom is 0.0646 e. The summed E-state index contributed by atoms with van der Waals surface area (Å²) >= 11 is 3.46. The van der Waals surface area contributed by atoms with E-state index < -0.39 is 0 Å². The first-order chi connectivity index (χ1) is 10.1. The summed E-state index contributed by atoms with van der Waals surface area (Å²) in [5, 5.41) is 8.00. The van der Waals surface area contributed by atoms with Gasteiger partial charge in [-0.05, 0) is 38.1 Å². The molecule has 1 N–H and O–H groups in total. The Morgan fingerprint density at radius 3 is 2.73 bits per heavy atom. The summed E-state index contributed by atoms with van der Waals surface area (Å²) in [4.78, 5) is 2.52. The Hall–Kier alpha value is -0.880. The molecule has 0 saturated carbocycles. The third kappa shape index (κ3) is 4.10. The van der Waals surface area contributed by atoms with Crippen molar-refractivity contribution in [3.05, 3.63) is 46.7 Å². The summed E-state index contributed by atoms with van der Waals surface area (Å²) in [5.74, 6) is 0. The van der Waals surface area contributed by atoms with Gasteiger partial charge in [-0.15, -0.1) is 12.4 Å². The van der Waals surface area contributed by atoms with Crippen LogP contribution in [0, 0.1) is 0 Å². The van der Waals surface area contributed by atoms with Gasteiger partial charge in [-0.1, -0.05) is 15.9 Å². The van der Waals surface area contributed by atoms with Crippen LogP contribution in [0.5, 0.6) is 0 Å². The van der Waals surface area contributed by atoms with Gasteiger partial charge in [0.25, 0.3) is 0 Å². The lowest BCUT2D eigenvalue weighted by Crippen LogP contribution is -2.53. The molecule has 0 bridgehead atoms. The summed E-state index contributed by atoms with van der Waals surface area (Å²) in [6.07, 6.45) is 4.10. The molecule has 22 heavy (non-hydrogen) atoms. The van der Waals surface area contributed by atoms with Crippen molar-refractivity contribution in [2.45, 2.75) is 32.5 Å². The molecule has 1 aromatic carbocycles. The van der Waals surface area contributed by atoms with Gasteiger partial charge in [0.05, 0.1) is 11.9 Å². The van der Waals surface area contributed by atoms with Crippen molar-refractivity contribution in [2.24, 2.45) is 0 Å². The Bertz CT molecular complexity index is 598. The number of halogens is 2. The summed E-state index contributed by atoms with van der Waals surface area (Å²) in [7, 11) is 0. The van der Waals surface area contributed by atoms with E-state index in [4.69, 9.17) is 0 Å². The van der Waals surface area contributed by atoms with Gasteiger partial charge in [-0.25, -0.2) is 4.68 Å². The van der Waals surface area contributed by atoms with Gasteiger partial charge >= 0.3 is 0 Å².